The fourth-order valence-corrected chi connectivity index (χ4v) is 6.00. The molecular weight excluding hydrogens is 725 g/mol. The molecule has 0 aliphatic heterocycles. The Balaban J connectivity index is 1.40. The summed E-state index contributed by atoms with van der Waals surface area (Å²) in [6.45, 7) is 4.57. The van der Waals surface area contributed by atoms with Crippen LogP contribution in [0.15, 0.2) is 58.8 Å². The van der Waals surface area contributed by atoms with Crippen LogP contribution in [-0.2, 0) is 30.3 Å². The second-order valence-electron chi connectivity index (χ2n) is 10.5. The number of carbonyl (C=O) groups excluding carboxylic acids is 6. The third-order valence-corrected chi connectivity index (χ3v) is 8.44. The lowest BCUT2D eigenvalue weighted by Gasteiger charge is -2.15. The molecule has 0 aliphatic carbocycles. The summed E-state index contributed by atoms with van der Waals surface area (Å²) in [6.07, 6.45) is 0. The van der Waals surface area contributed by atoms with Crippen LogP contribution in [0.2, 0.25) is 0 Å². The van der Waals surface area contributed by atoms with Crippen molar-refractivity contribution >= 4 is 68.2 Å². The Hall–Kier alpha value is -5.85. The van der Waals surface area contributed by atoms with Crippen molar-refractivity contribution in [2.75, 3.05) is 26.3 Å². The molecule has 0 radical (unpaired) electrons. The highest BCUT2D eigenvalue weighted by Gasteiger charge is 2.17. The predicted octanol–water partition coefficient (Wildman–Crippen LogP) is 3.46. The molecule has 2 N–H and O–H groups in total. The number of benzene rings is 3. The molecule has 1 heterocycles. The van der Waals surface area contributed by atoms with E-state index in [1.165, 1.54) is 56.3 Å². The van der Waals surface area contributed by atoms with Crippen molar-refractivity contribution in [3.63, 3.8) is 0 Å². The van der Waals surface area contributed by atoms with E-state index in [0.29, 0.717) is 10.1 Å². The van der Waals surface area contributed by atoms with E-state index in [0.717, 1.165) is 25.2 Å². The number of fused-ring (bicyclic) bond motifs is 1. The topological polar surface area (TPSA) is 222 Å². The standard InChI is InChI=1S/C34H32N2O14S2/c1-18(37)47-25-7-5-22(13-29(25)49-20(3)39)33(41)35-9-11-45-27-15-24-16-32(52(43)44)51-31(24)17-28(27)46-12-10-36-34(42)23-6-8-26(48-19(2)38)30(14-23)50-21(4)40/h5-8,13-17H,9-12H2,1-4H3,(H,35,41)(H,36,42)(H,43,44)/p-1. The Labute approximate surface area is 302 Å². The number of nitrogens with one attached hydrogen (secondary N) is 2. The molecule has 0 saturated carbocycles. The fraction of sp³-hybridized carbons (Fsp3) is 0.235. The zero-order valence-corrected chi connectivity index (χ0v) is 29.7. The van der Waals surface area contributed by atoms with E-state index in [-0.39, 0.29) is 76.1 Å². The minimum atomic E-state index is -2.47. The summed E-state index contributed by atoms with van der Waals surface area (Å²) in [5, 5.41) is 5.89. The van der Waals surface area contributed by atoms with Crippen LogP contribution in [0.4, 0.5) is 0 Å². The first kappa shape index (κ1) is 38.9. The molecule has 4 rings (SSSR count). The van der Waals surface area contributed by atoms with Crippen LogP contribution in [0, 0.1) is 0 Å². The Bertz CT molecular complexity index is 1920. The van der Waals surface area contributed by atoms with Crippen molar-refractivity contribution in [1.29, 1.82) is 0 Å². The van der Waals surface area contributed by atoms with Crippen molar-refractivity contribution in [2.45, 2.75) is 31.9 Å². The van der Waals surface area contributed by atoms with Gasteiger partial charge in [0.2, 0.25) is 0 Å². The van der Waals surface area contributed by atoms with Gasteiger partial charge in [0.05, 0.1) is 17.3 Å². The van der Waals surface area contributed by atoms with E-state index < -0.39 is 46.8 Å². The Morgan fingerprint density at radius 1 is 0.596 bits per heavy atom. The highest BCUT2D eigenvalue weighted by Crippen LogP contribution is 2.38. The smallest absolute Gasteiger partial charge is 0.308 e. The third-order valence-electron chi connectivity index (χ3n) is 6.44. The summed E-state index contributed by atoms with van der Waals surface area (Å²) in [6, 6.07) is 12.5. The highest BCUT2D eigenvalue weighted by atomic mass is 32.2. The number of thiophene rings is 1. The molecule has 0 saturated heterocycles. The number of rotatable bonds is 15. The molecule has 4 aromatic rings. The summed E-state index contributed by atoms with van der Waals surface area (Å²) in [5.74, 6) is -3.59. The number of esters is 4. The first-order chi connectivity index (χ1) is 24.7. The molecule has 2 amide bonds. The van der Waals surface area contributed by atoms with Crippen molar-refractivity contribution in [3.8, 4) is 34.5 Å². The van der Waals surface area contributed by atoms with Gasteiger partial charge in [-0.2, -0.15) is 0 Å². The van der Waals surface area contributed by atoms with Gasteiger partial charge in [-0.25, -0.2) is 0 Å². The van der Waals surface area contributed by atoms with Crippen LogP contribution in [-0.4, -0.2) is 70.8 Å². The predicted molar refractivity (Wildman–Crippen MR) is 183 cm³/mol. The highest BCUT2D eigenvalue weighted by molar-refractivity contribution is 7.82. The largest absolute Gasteiger partial charge is 0.768 e. The van der Waals surface area contributed by atoms with Crippen molar-refractivity contribution in [3.05, 3.63) is 65.7 Å². The van der Waals surface area contributed by atoms with Crippen LogP contribution in [0.3, 0.4) is 0 Å². The second kappa shape index (κ2) is 17.9. The van der Waals surface area contributed by atoms with E-state index in [1.54, 1.807) is 12.1 Å². The van der Waals surface area contributed by atoms with E-state index in [2.05, 4.69) is 10.6 Å². The van der Waals surface area contributed by atoms with Crippen LogP contribution >= 0.6 is 11.3 Å². The average molecular weight is 756 g/mol. The van der Waals surface area contributed by atoms with Gasteiger partial charge in [0.15, 0.2) is 34.5 Å². The summed E-state index contributed by atoms with van der Waals surface area (Å²) in [4.78, 5) is 71.4. The van der Waals surface area contributed by atoms with Crippen LogP contribution < -0.4 is 39.1 Å². The number of amides is 2. The fourth-order valence-electron chi connectivity index (χ4n) is 4.43. The molecule has 0 fully saturated rings. The molecule has 3 aromatic carbocycles. The lowest BCUT2D eigenvalue weighted by molar-refractivity contribution is -0.134. The number of carbonyl (C=O) groups is 6. The van der Waals surface area contributed by atoms with Crippen molar-refractivity contribution in [1.82, 2.24) is 10.6 Å². The van der Waals surface area contributed by atoms with Crippen LogP contribution in [0.25, 0.3) is 10.1 Å². The zero-order valence-electron chi connectivity index (χ0n) is 28.1. The summed E-state index contributed by atoms with van der Waals surface area (Å²) in [5.41, 5.74) is 0.221. The Morgan fingerprint density at radius 3 is 1.44 bits per heavy atom. The van der Waals surface area contributed by atoms with Gasteiger partial charge in [-0.1, -0.05) is 0 Å². The third kappa shape index (κ3) is 11.1. The molecule has 1 unspecified atom stereocenters. The van der Waals surface area contributed by atoms with Crippen LogP contribution in [0.5, 0.6) is 34.5 Å². The minimum Gasteiger partial charge on any atom is -0.768 e. The van der Waals surface area contributed by atoms with Crippen molar-refractivity contribution < 1.29 is 66.0 Å². The maximum absolute atomic E-state index is 12.8. The van der Waals surface area contributed by atoms with Crippen molar-refractivity contribution in [2.24, 2.45) is 0 Å². The Morgan fingerprint density at radius 2 is 1.02 bits per heavy atom. The monoisotopic (exact) mass is 755 g/mol. The van der Waals surface area contributed by atoms with E-state index in [4.69, 9.17) is 28.4 Å². The molecule has 18 heteroatoms. The SMILES string of the molecule is CC(=O)Oc1ccc(C(=O)NCCOc2cc3cc(S(=O)[O-])sc3cc2OCCNC(=O)c2ccc(OC(C)=O)c(OC(C)=O)c2)cc1OC(C)=O. The lowest BCUT2D eigenvalue weighted by Crippen LogP contribution is -2.29. The maximum Gasteiger partial charge on any atom is 0.308 e. The van der Waals surface area contributed by atoms with Gasteiger partial charge < -0.3 is 43.6 Å². The van der Waals surface area contributed by atoms with Gasteiger partial charge in [0.1, 0.15) is 13.2 Å². The first-order valence-electron chi connectivity index (χ1n) is 15.2. The summed E-state index contributed by atoms with van der Waals surface area (Å²) < 4.78 is 55.8. The summed E-state index contributed by atoms with van der Waals surface area (Å²) in [7, 11) is 0. The van der Waals surface area contributed by atoms with Gasteiger partial charge in [-0.05, 0) is 65.0 Å². The molecule has 16 nitrogen and oxygen atoms in total. The van der Waals surface area contributed by atoms with E-state index in [9.17, 15) is 37.5 Å². The van der Waals surface area contributed by atoms with Gasteiger partial charge in [-0.15, -0.1) is 11.3 Å². The van der Waals surface area contributed by atoms with E-state index in [1.807, 2.05) is 0 Å². The number of ether oxygens (including phenoxy) is 6. The van der Waals surface area contributed by atoms with Gasteiger partial charge in [-0.3, -0.25) is 33.0 Å². The minimum absolute atomic E-state index is 0.00596. The van der Waals surface area contributed by atoms with Crippen LogP contribution in [0.1, 0.15) is 48.4 Å². The first-order valence-corrected chi connectivity index (χ1v) is 17.1. The Kier molecular flexibility index (Phi) is 13.4. The second-order valence-corrected chi connectivity index (χ2v) is 12.8. The molecule has 274 valence electrons. The molecule has 52 heavy (non-hydrogen) atoms. The molecule has 0 aliphatic rings. The maximum atomic E-state index is 12.8. The quantitative estimate of drug-likeness (QED) is 0.0768. The van der Waals surface area contributed by atoms with E-state index >= 15 is 0 Å². The molecule has 0 bridgehead atoms. The van der Waals surface area contributed by atoms with Gasteiger partial charge in [0, 0.05) is 49.6 Å². The average Bonchev–Trinajstić information content (AvgIpc) is 3.49. The zero-order chi connectivity index (χ0) is 37.9. The lowest BCUT2D eigenvalue weighted by atomic mass is 10.2. The number of hydrogen-bond donors (Lipinski definition) is 2. The van der Waals surface area contributed by atoms with Gasteiger partial charge >= 0.3 is 23.9 Å². The normalized spacial score (nSPS) is 11.2. The molecule has 0 spiro atoms. The summed E-state index contributed by atoms with van der Waals surface area (Å²) >= 11 is -1.45. The molecule has 1 atom stereocenters. The molecular formula is C34H31N2O14S2-. The number of hydrogen-bond acceptors (Lipinski definition) is 15. The van der Waals surface area contributed by atoms with Gasteiger partial charge in [0.25, 0.3) is 11.8 Å². The molecule has 1 aromatic heterocycles.